The summed E-state index contributed by atoms with van der Waals surface area (Å²) in [4.78, 5) is 8.56. The van der Waals surface area contributed by atoms with Crippen LogP contribution < -0.4 is 5.32 Å². The van der Waals surface area contributed by atoms with Crippen LogP contribution in [0.15, 0.2) is 36.8 Å². The summed E-state index contributed by atoms with van der Waals surface area (Å²) in [6.07, 6.45) is 5.05. The van der Waals surface area contributed by atoms with Gasteiger partial charge in [-0.15, -0.1) is 0 Å². The van der Waals surface area contributed by atoms with Crippen LogP contribution >= 0.6 is 11.6 Å². The molecule has 0 fully saturated rings. The summed E-state index contributed by atoms with van der Waals surface area (Å²) in [5.74, 6) is 0.699. The third-order valence-corrected chi connectivity index (χ3v) is 2.85. The minimum absolute atomic E-state index is 0.581. The van der Waals surface area contributed by atoms with Crippen LogP contribution in [-0.4, -0.2) is 26.8 Å². The minimum atomic E-state index is 0.581. The number of fused-ring (bicyclic) bond motifs is 1. The van der Waals surface area contributed by atoms with E-state index in [9.17, 15) is 0 Å². The standard InChI is InChI=1S/C12H10ClN5/c1-14-9-5-8(13)6-16-12(9)18-11-3-2-4-15-10(11)7-17-18/h2-7,14H,1H3. The third-order valence-electron chi connectivity index (χ3n) is 2.64. The molecular weight excluding hydrogens is 250 g/mol. The van der Waals surface area contributed by atoms with E-state index in [1.165, 1.54) is 0 Å². The van der Waals surface area contributed by atoms with Crippen molar-refractivity contribution in [3.05, 3.63) is 41.8 Å². The molecule has 18 heavy (non-hydrogen) atoms. The highest BCUT2D eigenvalue weighted by Crippen LogP contribution is 2.23. The van der Waals surface area contributed by atoms with Gasteiger partial charge in [0.1, 0.15) is 5.52 Å². The third kappa shape index (κ3) is 1.69. The fourth-order valence-electron chi connectivity index (χ4n) is 1.82. The lowest BCUT2D eigenvalue weighted by molar-refractivity contribution is 0.876. The van der Waals surface area contributed by atoms with Crippen LogP contribution in [0.25, 0.3) is 16.9 Å². The predicted molar refractivity (Wildman–Crippen MR) is 71.2 cm³/mol. The Hall–Kier alpha value is -2.14. The molecule has 0 saturated carbocycles. The van der Waals surface area contributed by atoms with Crippen LogP contribution in [0.1, 0.15) is 0 Å². The van der Waals surface area contributed by atoms with E-state index in [4.69, 9.17) is 11.6 Å². The Bertz CT molecular complexity index is 707. The summed E-state index contributed by atoms with van der Waals surface area (Å²) in [6, 6.07) is 5.63. The number of aromatic nitrogens is 4. The molecule has 0 unspecified atom stereocenters. The summed E-state index contributed by atoms with van der Waals surface area (Å²) in [7, 11) is 1.82. The first-order chi connectivity index (χ1) is 8.79. The predicted octanol–water partition coefficient (Wildman–Crippen LogP) is 2.51. The quantitative estimate of drug-likeness (QED) is 0.768. The van der Waals surface area contributed by atoms with Gasteiger partial charge in [-0.05, 0) is 18.2 Å². The Morgan fingerprint density at radius 3 is 3.00 bits per heavy atom. The summed E-state index contributed by atoms with van der Waals surface area (Å²) in [5, 5.41) is 7.95. The van der Waals surface area contributed by atoms with Crippen LogP contribution in [0.2, 0.25) is 5.02 Å². The van der Waals surface area contributed by atoms with Gasteiger partial charge in [0.25, 0.3) is 0 Å². The molecule has 0 amide bonds. The number of halogens is 1. The maximum atomic E-state index is 5.93. The van der Waals surface area contributed by atoms with E-state index in [-0.39, 0.29) is 0 Å². The molecule has 0 atom stereocenters. The van der Waals surface area contributed by atoms with E-state index in [1.807, 2.05) is 25.2 Å². The van der Waals surface area contributed by atoms with E-state index >= 15 is 0 Å². The zero-order chi connectivity index (χ0) is 12.5. The largest absolute Gasteiger partial charge is 0.385 e. The number of pyridine rings is 2. The van der Waals surface area contributed by atoms with Crippen molar-refractivity contribution in [3.63, 3.8) is 0 Å². The topological polar surface area (TPSA) is 55.6 Å². The fourth-order valence-corrected chi connectivity index (χ4v) is 1.97. The van der Waals surface area contributed by atoms with E-state index in [0.717, 1.165) is 16.7 Å². The molecule has 0 bridgehead atoms. The van der Waals surface area contributed by atoms with Gasteiger partial charge in [-0.1, -0.05) is 11.6 Å². The van der Waals surface area contributed by atoms with Crippen LogP contribution in [0.4, 0.5) is 5.69 Å². The maximum Gasteiger partial charge on any atom is 0.177 e. The number of hydrogen-bond acceptors (Lipinski definition) is 4. The van der Waals surface area contributed by atoms with E-state index in [0.29, 0.717) is 10.8 Å². The lowest BCUT2D eigenvalue weighted by Crippen LogP contribution is -2.04. The first kappa shape index (κ1) is 11.0. The second-order valence-corrected chi connectivity index (χ2v) is 4.18. The van der Waals surface area contributed by atoms with Gasteiger partial charge in [0.05, 0.1) is 22.4 Å². The van der Waals surface area contributed by atoms with Gasteiger partial charge in [0.15, 0.2) is 5.82 Å². The molecule has 3 aromatic heterocycles. The maximum absolute atomic E-state index is 5.93. The van der Waals surface area contributed by atoms with Crippen molar-refractivity contribution in [3.8, 4) is 5.82 Å². The van der Waals surface area contributed by atoms with Gasteiger partial charge in [0.2, 0.25) is 0 Å². The molecule has 0 saturated heterocycles. The molecule has 0 aliphatic heterocycles. The van der Waals surface area contributed by atoms with Crippen molar-refractivity contribution in [2.45, 2.75) is 0 Å². The molecule has 3 heterocycles. The second kappa shape index (κ2) is 4.27. The number of nitrogens with one attached hydrogen (secondary N) is 1. The number of nitrogens with zero attached hydrogens (tertiary/aromatic N) is 4. The second-order valence-electron chi connectivity index (χ2n) is 3.74. The van der Waals surface area contributed by atoms with Crippen molar-refractivity contribution < 1.29 is 0 Å². The highest BCUT2D eigenvalue weighted by atomic mass is 35.5. The summed E-state index contributed by atoms with van der Waals surface area (Å²) < 4.78 is 1.74. The Labute approximate surface area is 108 Å². The molecule has 3 aromatic rings. The molecule has 0 radical (unpaired) electrons. The molecular formula is C12H10ClN5. The fraction of sp³-hybridized carbons (Fsp3) is 0.0833. The monoisotopic (exact) mass is 259 g/mol. The van der Waals surface area contributed by atoms with Gasteiger partial charge < -0.3 is 5.32 Å². The van der Waals surface area contributed by atoms with Crippen molar-refractivity contribution in [1.82, 2.24) is 19.7 Å². The van der Waals surface area contributed by atoms with Gasteiger partial charge >= 0.3 is 0 Å². The summed E-state index contributed by atoms with van der Waals surface area (Å²) in [5.41, 5.74) is 2.55. The van der Waals surface area contributed by atoms with Gasteiger partial charge in [0, 0.05) is 19.4 Å². The lowest BCUT2D eigenvalue weighted by Gasteiger charge is -2.09. The van der Waals surface area contributed by atoms with Crippen LogP contribution in [-0.2, 0) is 0 Å². The van der Waals surface area contributed by atoms with E-state index in [2.05, 4.69) is 20.4 Å². The number of anilines is 1. The molecule has 0 aliphatic carbocycles. The van der Waals surface area contributed by atoms with E-state index < -0.39 is 0 Å². The highest BCUT2D eigenvalue weighted by Gasteiger charge is 2.10. The van der Waals surface area contributed by atoms with Gasteiger partial charge in [-0.2, -0.15) is 5.10 Å². The van der Waals surface area contributed by atoms with Crippen molar-refractivity contribution in [1.29, 1.82) is 0 Å². The Kier molecular flexibility index (Phi) is 2.60. The van der Waals surface area contributed by atoms with Crippen molar-refractivity contribution >= 4 is 28.3 Å². The van der Waals surface area contributed by atoms with E-state index in [1.54, 1.807) is 23.3 Å². The average Bonchev–Trinajstić information content (AvgIpc) is 2.82. The van der Waals surface area contributed by atoms with Crippen LogP contribution in [0.5, 0.6) is 0 Å². The molecule has 0 aliphatic rings. The Morgan fingerprint density at radius 2 is 2.17 bits per heavy atom. The van der Waals surface area contributed by atoms with Crippen molar-refractivity contribution in [2.24, 2.45) is 0 Å². The molecule has 3 rings (SSSR count). The lowest BCUT2D eigenvalue weighted by atomic mass is 10.3. The van der Waals surface area contributed by atoms with Gasteiger partial charge in [-0.25, -0.2) is 9.67 Å². The van der Waals surface area contributed by atoms with Crippen molar-refractivity contribution in [2.75, 3.05) is 12.4 Å². The molecule has 0 aromatic carbocycles. The molecule has 1 N–H and O–H groups in total. The normalized spacial score (nSPS) is 10.8. The molecule has 0 spiro atoms. The Morgan fingerprint density at radius 1 is 1.28 bits per heavy atom. The zero-order valence-electron chi connectivity index (χ0n) is 9.63. The van der Waals surface area contributed by atoms with Crippen LogP contribution in [0, 0.1) is 0 Å². The van der Waals surface area contributed by atoms with Crippen LogP contribution in [0.3, 0.4) is 0 Å². The zero-order valence-corrected chi connectivity index (χ0v) is 10.4. The smallest absolute Gasteiger partial charge is 0.177 e. The Balaban J connectivity index is 2.26. The highest BCUT2D eigenvalue weighted by molar-refractivity contribution is 6.30. The summed E-state index contributed by atoms with van der Waals surface area (Å²) >= 11 is 5.93. The number of rotatable bonds is 2. The molecule has 90 valence electrons. The summed E-state index contributed by atoms with van der Waals surface area (Å²) in [6.45, 7) is 0. The van der Waals surface area contributed by atoms with Gasteiger partial charge in [-0.3, -0.25) is 4.98 Å². The molecule has 6 heteroatoms. The number of hydrogen-bond donors (Lipinski definition) is 1. The molecule has 5 nitrogen and oxygen atoms in total. The average molecular weight is 260 g/mol. The SMILES string of the molecule is CNc1cc(Cl)cnc1-n1ncc2ncccc21. The minimum Gasteiger partial charge on any atom is -0.385 e. The first-order valence-electron chi connectivity index (χ1n) is 5.42. The first-order valence-corrected chi connectivity index (χ1v) is 5.80.